The van der Waals surface area contributed by atoms with E-state index in [1.807, 2.05) is 12.1 Å². The van der Waals surface area contributed by atoms with Crippen molar-refractivity contribution >= 4 is 29.8 Å². The second-order valence-electron chi connectivity index (χ2n) is 3.30. The number of nitrogens with one attached hydrogen (secondary N) is 2. The largest absolute Gasteiger partial charge is 0.464 e. The molecule has 1 aromatic heterocycles. The molecule has 0 spiro atoms. The molecule has 88 valence electrons. The summed E-state index contributed by atoms with van der Waals surface area (Å²) in [6.07, 6.45) is 0. The van der Waals surface area contributed by atoms with Crippen LogP contribution in [0.25, 0.3) is 11.3 Å². The number of methoxy groups -OCH3 is 1. The van der Waals surface area contributed by atoms with Crippen molar-refractivity contribution in [2.45, 2.75) is 0 Å². The number of imidazole rings is 1. The summed E-state index contributed by atoms with van der Waals surface area (Å²) >= 11 is 11.0. The van der Waals surface area contributed by atoms with Gasteiger partial charge in [0, 0.05) is 10.6 Å². The molecule has 0 saturated carbocycles. The molecular formula is C11H9ClN2O2S. The number of hydrogen-bond acceptors (Lipinski definition) is 3. The van der Waals surface area contributed by atoms with Crippen LogP contribution in [-0.2, 0) is 4.74 Å². The second-order valence-corrected chi connectivity index (χ2v) is 4.12. The number of carbonyl (C=O) groups is 1. The maximum atomic E-state index is 11.6. The number of carbonyl (C=O) groups excluding carboxylic acids is 1. The SMILES string of the molecule is COC(=O)c1[nH]c(=S)[nH]c1-c1ccccc1Cl. The van der Waals surface area contributed by atoms with Crippen molar-refractivity contribution in [3.63, 3.8) is 0 Å². The number of halogens is 1. The van der Waals surface area contributed by atoms with E-state index in [0.717, 1.165) is 0 Å². The highest BCUT2D eigenvalue weighted by Crippen LogP contribution is 2.28. The first-order valence-electron chi connectivity index (χ1n) is 4.79. The van der Waals surface area contributed by atoms with Crippen LogP contribution in [-0.4, -0.2) is 23.0 Å². The van der Waals surface area contributed by atoms with Crippen molar-refractivity contribution in [2.75, 3.05) is 7.11 Å². The van der Waals surface area contributed by atoms with Gasteiger partial charge < -0.3 is 14.7 Å². The molecule has 2 aromatic rings. The first-order chi connectivity index (χ1) is 8.13. The van der Waals surface area contributed by atoms with Gasteiger partial charge in [0.2, 0.25) is 0 Å². The summed E-state index contributed by atoms with van der Waals surface area (Å²) in [4.78, 5) is 17.2. The van der Waals surface area contributed by atoms with Crippen molar-refractivity contribution in [1.29, 1.82) is 0 Å². The first-order valence-corrected chi connectivity index (χ1v) is 5.57. The van der Waals surface area contributed by atoms with E-state index in [-0.39, 0.29) is 5.69 Å². The zero-order valence-corrected chi connectivity index (χ0v) is 10.5. The number of benzene rings is 1. The lowest BCUT2D eigenvalue weighted by molar-refractivity contribution is 0.0595. The highest BCUT2D eigenvalue weighted by atomic mass is 35.5. The highest BCUT2D eigenvalue weighted by Gasteiger charge is 2.17. The molecule has 4 nitrogen and oxygen atoms in total. The Morgan fingerprint density at radius 2 is 2.06 bits per heavy atom. The zero-order chi connectivity index (χ0) is 12.4. The predicted molar refractivity (Wildman–Crippen MR) is 67.8 cm³/mol. The van der Waals surface area contributed by atoms with Gasteiger partial charge in [-0.1, -0.05) is 29.8 Å². The Labute approximate surface area is 108 Å². The van der Waals surface area contributed by atoms with E-state index in [2.05, 4.69) is 14.7 Å². The van der Waals surface area contributed by atoms with Crippen molar-refractivity contribution in [1.82, 2.24) is 9.97 Å². The second kappa shape index (κ2) is 4.73. The number of H-pyrrole nitrogens is 2. The van der Waals surface area contributed by atoms with Crippen LogP contribution in [0.4, 0.5) is 0 Å². The van der Waals surface area contributed by atoms with Gasteiger partial charge in [-0.05, 0) is 18.3 Å². The Balaban J connectivity index is 2.64. The summed E-state index contributed by atoms with van der Waals surface area (Å²) in [5.41, 5.74) is 1.50. The van der Waals surface area contributed by atoms with Gasteiger partial charge in [0.15, 0.2) is 10.5 Å². The molecule has 17 heavy (non-hydrogen) atoms. The molecule has 0 radical (unpaired) electrons. The molecule has 6 heteroatoms. The normalized spacial score (nSPS) is 10.2. The van der Waals surface area contributed by atoms with E-state index in [0.29, 0.717) is 21.1 Å². The number of esters is 1. The Morgan fingerprint density at radius 3 is 2.71 bits per heavy atom. The van der Waals surface area contributed by atoms with Crippen LogP contribution in [0.1, 0.15) is 10.5 Å². The molecule has 0 amide bonds. The average Bonchev–Trinajstić information content (AvgIpc) is 2.71. The predicted octanol–water partition coefficient (Wildman–Crippen LogP) is 3.18. The third kappa shape index (κ3) is 2.25. The van der Waals surface area contributed by atoms with Crippen molar-refractivity contribution in [2.24, 2.45) is 0 Å². The third-order valence-corrected chi connectivity index (χ3v) is 2.79. The summed E-state index contributed by atoms with van der Waals surface area (Å²) in [5.74, 6) is -0.493. The van der Waals surface area contributed by atoms with Gasteiger partial charge in [0.05, 0.1) is 12.8 Å². The minimum absolute atomic E-state index is 0.269. The third-order valence-electron chi connectivity index (χ3n) is 2.26. The van der Waals surface area contributed by atoms with Gasteiger partial charge in [0.25, 0.3) is 0 Å². The summed E-state index contributed by atoms with van der Waals surface area (Å²) < 4.78 is 5.02. The van der Waals surface area contributed by atoms with E-state index < -0.39 is 5.97 Å². The molecule has 0 aliphatic rings. The van der Waals surface area contributed by atoms with Gasteiger partial charge in [-0.2, -0.15) is 0 Å². The Bertz CT molecular complexity index is 618. The molecule has 2 N–H and O–H groups in total. The lowest BCUT2D eigenvalue weighted by Crippen LogP contribution is -2.03. The van der Waals surface area contributed by atoms with Gasteiger partial charge in [-0.25, -0.2) is 4.79 Å². The molecule has 0 unspecified atom stereocenters. The van der Waals surface area contributed by atoms with Crippen LogP contribution < -0.4 is 0 Å². The fourth-order valence-electron chi connectivity index (χ4n) is 1.50. The van der Waals surface area contributed by atoms with Gasteiger partial charge in [-0.15, -0.1) is 0 Å². The monoisotopic (exact) mass is 268 g/mol. The van der Waals surface area contributed by atoms with Crippen LogP contribution in [0.5, 0.6) is 0 Å². The molecular weight excluding hydrogens is 260 g/mol. The van der Waals surface area contributed by atoms with Crippen LogP contribution in [0, 0.1) is 4.77 Å². The van der Waals surface area contributed by atoms with E-state index >= 15 is 0 Å². The first kappa shape index (κ1) is 11.9. The van der Waals surface area contributed by atoms with E-state index in [1.54, 1.807) is 12.1 Å². The molecule has 0 aliphatic carbocycles. The topological polar surface area (TPSA) is 57.9 Å². The Kier molecular flexibility index (Phi) is 3.31. The van der Waals surface area contributed by atoms with Gasteiger partial charge in [0.1, 0.15) is 0 Å². The highest BCUT2D eigenvalue weighted by molar-refractivity contribution is 7.71. The van der Waals surface area contributed by atoms with Crippen molar-refractivity contribution in [3.05, 3.63) is 39.8 Å². The van der Waals surface area contributed by atoms with E-state index in [4.69, 9.17) is 23.8 Å². The molecule has 0 aliphatic heterocycles. The van der Waals surface area contributed by atoms with E-state index in [1.165, 1.54) is 7.11 Å². The molecule has 0 fully saturated rings. The number of hydrogen-bond donors (Lipinski definition) is 2. The maximum absolute atomic E-state index is 11.6. The minimum atomic E-state index is -0.493. The van der Waals surface area contributed by atoms with Crippen LogP contribution >= 0.6 is 23.8 Å². The molecule has 0 atom stereocenters. The number of ether oxygens (including phenoxy) is 1. The molecule has 1 aromatic carbocycles. The summed E-state index contributed by atoms with van der Waals surface area (Å²) in [6, 6.07) is 7.17. The van der Waals surface area contributed by atoms with Crippen LogP contribution in [0.15, 0.2) is 24.3 Å². The minimum Gasteiger partial charge on any atom is -0.464 e. The Morgan fingerprint density at radius 1 is 1.35 bits per heavy atom. The fraction of sp³-hybridized carbons (Fsp3) is 0.0909. The van der Waals surface area contributed by atoms with E-state index in [9.17, 15) is 4.79 Å². The van der Waals surface area contributed by atoms with Crippen LogP contribution in [0.2, 0.25) is 5.02 Å². The van der Waals surface area contributed by atoms with Gasteiger partial charge >= 0.3 is 5.97 Å². The number of rotatable bonds is 2. The number of aromatic amines is 2. The lowest BCUT2D eigenvalue weighted by Gasteiger charge is -2.03. The number of aromatic nitrogens is 2. The van der Waals surface area contributed by atoms with Gasteiger partial charge in [-0.3, -0.25) is 0 Å². The van der Waals surface area contributed by atoms with Crippen molar-refractivity contribution < 1.29 is 9.53 Å². The van der Waals surface area contributed by atoms with Crippen LogP contribution in [0.3, 0.4) is 0 Å². The fourth-order valence-corrected chi connectivity index (χ4v) is 1.94. The Hall–Kier alpha value is -1.59. The zero-order valence-electron chi connectivity index (χ0n) is 8.91. The summed E-state index contributed by atoms with van der Waals surface area (Å²) in [6.45, 7) is 0. The summed E-state index contributed by atoms with van der Waals surface area (Å²) in [7, 11) is 1.31. The molecule has 2 rings (SSSR count). The molecule has 0 saturated heterocycles. The molecule has 1 heterocycles. The maximum Gasteiger partial charge on any atom is 0.356 e. The lowest BCUT2D eigenvalue weighted by atomic mass is 10.1. The summed E-state index contributed by atoms with van der Waals surface area (Å²) in [5, 5.41) is 0.530. The quantitative estimate of drug-likeness (QED) is 0.650. The smallest absolute Gasteiger partial charge is 0.356 e. The average molecular weight is 269 g/mol. The van der Waals surface area contributed by atoms with Crippen molar-refractivity contribution in [3.8, 4) is 11.3 Å². The standard InChI is InChI=1S/C11H9ClN2O2S/c1-16-10(15)9-8(13-11(17)14-9)6-4-2-3-5-7(6)12/h2-5H,1H3,(H2,13,14,17). The molecule has 0 bridgehead atoms.